The maximum atomic E-state index is 10.8. The zero-order valence-electron chi connectivity index (χ0n) is 7.96. The molecule has 0 rings (SSSR count). The zero-order valence-corrected chi connectivity index (χ0v) is 7.96. The first kappa shape index (κ1) is 11.9. The first-order valence-corrected chi connectivity index (χ1v) is 4.16. The van der Waals surface area contributed by atoms with Gasteiger partial charge in [-0.15, -0.1) is 0 Å². The molecule has 0 atom stereocenters. The van der Waals surface area contributed by atoms with Gasteiger partial charge in [0.1, 0.15) is 0 Å². The van der Waals surface area contributed by atoms with E-state index in [-0.39, 0.29) is 0 Å². The molecule has 0 unspecified atom stereocenters. The van der Waals surface area contributed by atoms with E-state index >= 15 is 0 Å². The van der Waals surface area contributed by atoms with Crippen molar-refractivity contribution in [3.05, 3.63) is 0 Å². The van der Waals surface area contributed by atoms with E-state index in [0.29, 0.717) is 26.2 Å². The normalized spacial score (nSPS) is 9.38. The lowest BCUT2D eigenvalue weighted by molar-refractivity contribution is -0.152. The van der Waals surface area contributed by atoms with Gasteiger partial charge in [-0.1, -0.05) is 0 Å². The molecule has 0 bridgehead atoms. The van der Waals surface area contributed by atoms with E-state index in [1.54, 1.807) is 0 Å². The summed E-state index contributed by atoms with van der Waals surface area (Å²) in [7, 11) is 1.17. The number of methoxy groups -OCH3 is 1. The van der Waals surface area contributed by atoms with Crippen LogP contribution in [0.15, 0.2) is 0 Å². The van der Waals surface area contributed by atoms with Gasteiger partial charge in [0.25, 0.3) is 0 Å². The summed E-state index contributed by atoms with van der Waals surface area (Å²) in [5, 5.41) is 2.40. The van der Waals surface area contributed by atoms with Crippen LogP contribution in [-0.2, 0) is 19.1 Å². The maximum Gasteiger partial charge on any atom is 0.396 e. The van der Waals surface area contributed by atoms with Gasteiger partial charge < -0.3 is 14.8 Å². The third kappa shape index (κ3) is 6.10. The summed E-state index contributed by atoms with van der Waals surface area (Å²) >= 11 is 0. The van der Waals surface area contributed by atoms with E-state index in [1.807, 2.05) is 6.92 Å². The van der Waals surface area contributed by atoms with Gasteiger partial charge in [0.05, 0.1) is 7.11 Å². The molecule has 0 saturated heterocycles. The van der Waals surface area contributed by atoms with Gasteiger partial charge in [-0.2, -0.15) is 0 Å². The number of esters is 1. The lowest BCUT2D eigenvalue weighted by Gasteiger charge is -2.03. The highest BCUT2D eigenvalue weighted by molar-refractivity contribution is 6.32. The van der Waals surface area contributed by atoms with Gasteiger partial charge in [0, 0.05) is 19.8 Å². The molecule has 0 aliphatic carbocycles. The Kier molecular flexibility index (Phi) is 6.91. The van der Waals surface area contributed by atoms with Crippen LogP contribution in [0, 0.1) is 0 Å². The first-order chi connectivity index (χ1) is 6.22. The smallest absolute Gasteiger partial charge is 0.396 e. The van der Waals surface area contributed by atoms with Crippen molar-refractivity contribution in [2.24, 2.45) is 0 Å². The van der Waals surface area contributed by atoms with E-state index in [4.69, 9.17) is 4.74 Å². The van der Waals surface area contributed by atoms with Crippen LogP contribution < -0.4 is 5.32 Å². The summed E-state index contributed by atoms with van der Waals surface area (Å²) in [5.41, 5.74) is 0. The summed E-state index contributed by atoms with van der Waals surface area (Å²) in [5.74, 6) is -1.57. The third-order valence-corrected chi connectivity index (χ3v) is 1.33. The van der Waals surface area contributed by atoms with E-state index in [0.717, 1.165) is 0 Å². The summed E-state index contributed by atoms with van der Waals surface area (Å²) in [6.45, 7) is 3.56. The summed E-state index contributed by atoms with van der Waals surface area (Å²) in [6, 6.07) is 0. The van der Waals surface area contributed by atoms with E-state index in [2.05, 4.69) is 10.1 Å². The fourth-order valence-electron chi connectivity index (χ4n) is 0.685. The lowest BCUT2D eigenvalue weighted by Crippen LogP contribution is -2.32. The van der Waals surface area contributed by atoms with Crippen molar-refractivity contribution in [1.29, 1.82) is 0 Å². The number of nitrogens with one attached hydrogen (secondary N) is 1. The van der Waals surface area contributed by atoms with Gasteiger partial charge >= 0.3 is 11.9 Å². The van der Waals surface area contributed by atoms with Gasteiger partial charge in [0.15, 0.2) is 0 Å². The molecular weight excluding hydrogens is 174 g/mol. The predicted molar refractivity (Wildman–Crippen MR) is 46.1 cm³/mol. The Balaban J connectivity index is 3.32. The molecule has 76 valence electrons. The minimum absolute atomic E-state index is 0.425. The Labute approximate surface area is 77.4 Å². The highest BCUT2D eigenvalue weighted by Crippen LogP contribution is 1.81. The number of ether oxygens (including phenoxy) is 2. The van der Waals surface area contributed by atoms with Crippen LogP contribution in [0.1, 0.15) is 13.3 Å². The molecular formula is C8H15NO4. The number of hydrogen-bond donors (Lipinski definition) is 1. The highest BCUT2D eigenvalue weighted by Gasteiger charge is 2.11. The Morgan fingerprint density at radius 3 is 2.62 bits per heavy atom. The topological polar surface area (TPSA) is 64.6 Å². The number of carbonyl (C=O) groups is 2. The molecule has 1 amide bonds. The fourth-order valence-corrected chi connectivity index (χ4v) is 0.685. The molecule has 0 aromatic rings. The van der Waals surface area contributed by atoms with Crippen molar-refractivity contribution in [3.63, 3.8) is 0 Å². The summed E-state index contributed by atoms with van der Waals surface area (Å²) in [4.78, 5) is 21.3. The molecule has 0 saturated carbocycles. The van der Waals surface area contributed by atoms with Crippen LogP contribution in [0.5, 0.6) is 0 Å². The molecule has 0 aliphatic rings. The monoisotopic (exact) mass is 189 g/mol. The standard InChI is InChI=1S/C8H15NO4/c1-3-13-6-4-5-9-7(10)8(11)12-2/h3-6H2,1-2H3,(H,9,10). The zero-order chi connectivity index (χ0) is 10.1. The van der Waals surface area contributed by atoms with Gasteiger partial charge in [-0.25, -0.2) is 4.79 Å². The van der Waals surface area contributed by atoms with E-state index < -0.39 is 11.9 Å². The Morgan fingerprint density at radius 1 is 1.38 bits per heavy atom. The van der Waals surface area contributed by atoms with Crippen molar-refractivity contribution >= 4 is 11.9 Å². The average molecular weight is 189 g/mol. The first-order valence-electron chi connectivity index (χ1n) is 4.16. The van der Waals surface area contributed by atoms with Crippen molar-refractivity contribution in [3.8, 4) is 0 Å². The molecule has 0 aromatic heterocycles. The number of rotatable bonds is 5. The Morgan fingerprint density at radius 2 is 2.08 bits per heavy atom. The SMILES string of the molecule is CCOCCCNC(=O)C(=O)OC. The fraction of sp³-hybridized carbons (Fsp3) is 0.750. The largest absolute Gasteiger partial charge is 0.462 e. The average Bonchev–Trinajstić information content (AvgIpc) is 2.16. The van der Waals surface area contributed by atoms with Gasteiger partial charge in [0.2, 0.25) is 0 Å². The Hall–Kier alpha value is -1.10. The molecule has 0 radical (unpaired) electrons. The van der Waals surface area contributed by atoms with Crippen LogP contribution in [0.3, 0.4) is 0 Å². The quantitative estimate of drug-likeness (QED) is 0.366. The number of carbonyl (C=O) groups excluding carboxylic acids is 2. The van der Waals surface area contributed by atoms with Crippen LogP contribution in [0.25, 0.3) is 0 Å². The molecule has 0 aliphatic heterocycles. The van der Waals surface area contributed by atoms with Crippen LogP contribution in [0.4, 0.5) is 0 Å². The minimum atomic E-state index is -0.864. The van der Waals surface area contributed by atoms with Gasteiger partial charge in [-0.3, -0.25) is 4.79 Å². The van der Waals surface area contributed by atoms with E-state index in [1.165, 1.54) is 7.11 Å². The minimum Gasteiger partial charge on any atom is -0.462 e. The second kappa shape index (κ2) is 7.54. The molecule has 13 heavy (non-hydrogen) atoms. The Bertz CT molecular complexity index is 170. The predicted octanol–water partition coefficient (Wildman–Crippen LogP) is -0.298. The van der Waals surface area contributed by atoms with Crippen molar-refractivity contribution in [1.82, 2.24) is 5.32 Å². The lowest BCUT2D eigenvalue weighted by atomic mass is 10.4. The summed E-state index contributed by atoms with van der Waals surface area (Å²) in [6.07, 6.45) is 0.691. The second-order valence-electron chi connectivity index (χ2n) is 2.30. The molecule has 0 spiro atoms. The molecule has 5 heteroatoms. The molecule has 5 nitrogen and oxygen atoms in total. The number of hydrogen-bond acceptors (Lipinski definition) is 4. The van der Waals surface area contributed by atoms with Crippen molar-refractivity contribution in [2.45, 2.75) is 13.3 Å². The van der Waals surface area contributed by atoms with Gasteiger partial charge in [-0.05, 0) is 13.3 Å². The molecule has 0 heterocycles. The highest BCUT2D eigenvalue weighted by atomic mass is 16.5. The summed E-state index contributed by atoms with van der Waals surface area (Å²) < 4.78 is 9.24. The van der Waals surface area contributed by atoms with Crippen LogP contribution >= 0.6 is 0 Å². The van der Waals surface area contributed by atoms with Crippen LogP contribution in [0.2, 0.25) is 0 Å². The van der Waals surface area contributed by atoms with Crippen LogP contribution in [-0.4, -0.2) is 38.7 Å². The molecule has 0 aromatic carbocycles. The maximum absolute atomic E-state index is 10.8. The van der Waals surface area contributed by atoms with E-state index in [9.17, 15) is 9.59 Å². The van der Waals surface area contributed by atoms with Crippen molar-refractivity contribution < 1.29 is 19.1 Å². The molecule has 1 N–H and O–H groups in total. The molecule has 0 fully saturated rings. The third-order valence-electron chi connectivity index (χ3n) is 1.33. The second-order valence-corrected chi connectivity index (χ2v) is 2.30. The number of amides is 1. The van der Waals surface area contributed by atoms with Crippen molar-refractivity contribution in [2.75, 3.05) is 26.9 Å².